The fourth-order valence-electron chi connectivity index (χ4n) is 3.00. The lowest BCUT2D eigenvalue weighted by Gasteiger charge is -2.33. The van der Waals surface area contributed by atoms with E-state index in [2.05, 4.69) is 20.7 Å². The van der Waals surface area contributed by atoms with Crippen molar-refractivity contribution in [3.63, 3.8) is 0 Å². The molecule has 0 unspecified atom stereocenters. The third-order valence-electron chi connectivity index (χ3n) is 4.80. The van der Waals surface area contributed by atoms with Gasteiger partial charge < -0.3 is 9.94 Å². The van der Waals surface area contributed by atoms with Crippen molar-refractivity contribution in [3.8, 4) is 18.1 Å². The van der Waals surface area contributed by atoms with Crippen LogP contribution in [0.5, 0.6) is 5.75 Å². The summed E-state index contributed by atoms with van der Waals surface area (Å²) in [7, 11) is 0. The van der Waals surface area contributed by atoms with E-state index in [1.165, 1.54) is 6.21 Å². The topological polar surface area (TPSA) is 54.7 Å². The molecule has 0 radical (unpaired) electrons. The van der Waals surface area contributed by atoms with Crippen LogP contribution >= 0.6 is 0 Å². The van der Waals surface area contributed by atoms with Crippen LogP contribution < -0.4 is 4.74 Å². The minimum atomic E-state index is -0.506. The number of hydrogen-bond acceptors (Lipinski definition) is 5. The van der Waals surface area contributed by atoms with Gasteiger partial charge in [-0.25, -0.2) is 9.72 Å². The molecule has 6 nitrogen and oxygen atoms in total. The van der Waals surface area contributed by atoms with Crippen molar-refractivity contribution in [1.82, 2.24) is 14.8 Å². The summed E-state index contributed by atoms with van der Waals surface area (Å²) in [5.74, 6) is 3.43. The molecule has 1 aromatic heterocycles. The second-order valence-corrected chi connectivity index (χ2v) is 8.06. The predicted molar refractivity (Wildman–Crippen MR) is 113 cm³/mol. The third-order valence-corrected chi connectivity index (χ3v) is 4.80. The first-order valence-electron chi connectivity index (χ1n) is 9.59. The van der Waals surface area contributed by atoms with Crippen molar-refractivity contribution in [3.05, 3.63) is 41.2 Å². The van der Waals surface area contributed by atoms with Gasteiger partial charge in [0.05, 0.1) is 6.54 Å². The molecule has 6 heteroatoms. The summed E-state index contributed by atoms with van der Waals surface area (Å²) in [6.45, 7) is 10.6. The molecule has 1 fully saturated rings. The van der Waals surface area contributed by atoms with Crippen LogP contribution in [0.4, 0.5) is 0 Å². The summed E-state index contributed by atoms with van der Waals surface area (Å²) in [6, 6.07) is 9.70. The minimum Gasteiger partial charge on any atom is -0.623 e. The molecule has 0 aliphatic carbocycles. The van der Waals surface area contributed by atoms with Gasteiger partial charge in [0.15, 0.2) is 5.54 Å². The monoisotopic (exact) mass is 380 g/mol. The number of benzene rings is 1. The van der Waals surface area contributed by atoms with E-state index in [-0.39, 0.29) is 0 Å². The predicted octanol–water partition coefficient (Wildman–Crippen LogP) is 2.55. The quantitative estimate of drug-likeness (QED) is 0.262. The summed E-state index contributed by atoms with van der Waals surface area (Å²) < 4.78 is 7.01. The maximum absolute atomic E-state index is 12.2. The molecule has 2 heterocycles. The number of para-hydroxylation sites is 1. The van der Waals surface area contributed by atoms with Gasteiger partial charge in [0.25, 0.3) is 0 Å². The van der Waals surface area contributed by atoms with Crippen LogP contribution in [0.15, 0.2) is 30.3 Å². The van der Waals surface area contributed by atoms with Gasteiger partial charge in [-0.2, -0.15) is 0 Å². The Morgan fingerprint density at radius 3 is 2.57 bits per heavy atom. The maximum atomic E-state index is 12.2. The highest BCUT2D eigenvalue weighted by Gasteiger charge is 2.19. The van der Waals surface area contributed by atoms with Gasteiger partial charge in [-0.3, -0.25) is 9.80 Å². The molecule has 0 atom stereocenters. The molecule has 0 bridgehead atoms. The van der Waals surface area contributed by atoms with E-state index in [0.717, 1.165) is 47.6 Å². The first-order chi connectivity index (χ1) is 13.4. The Morgan fingerprint density at radius 1 is 1.18 bits per heavy atom. The van der Waals surface area contributed by atoms with E-state index in [4.69, 9.17) is 11.2 Å². The Morgan fingerprint density at radius 2 is 1.89 bits per heavy atom. The number of hydrogen-bond donors (Lipinski definition) is 0. The van der Waals surface area contributed by atoms with Gasteiger partial charge in [0.2, 0.25) is 6.21 Å². The molecule has 3 rings (SSSR count). The van der Waals surface area contributed by atoms with E-state index in [0.29, 0.717) is 19.0 Å². The fourth-order valence-corrected chi connectivity index (χ4v) is 3.00. The molecule has 0 N–H and O–H groups in total. The molecule has 28 heavy (non-hydrogen) atoms. The van der Waals surface area contributed by atoms with Crippen LogP contribution in [0, 0.1) is 17.6 Å². The molecule has 1 saturated heterocycles. The van der Waals surface area contributed by atoms with E-state index in [9.17, 15) is 5.21 Å². The van der Waals surface area contributed by atoms with Gasteiger partial charge in [-0.05, 0) is 12.1 Å². The van der Waals surface area contributed by atoms with E-state index in [1.54, 1.807) is 0 Å². The number of fused-ring (bicyclic) bond motifs is 1. The molecule has 2 aromatic rings. The summed E-state index contributed by atoms with van der Waals surface area (Å²) in [5.41, 5.74) is 0.884. The maximum Gasteiger partial charge on any atom is 0.200 e. The van der Waals surface area contributed by atoms with Gasteiger partial charge >= 0.3 is 0 Å². The summed E-state index contributed by atoms with van der Waals surface area (Å²) in [4.78, 5) is 9.19. The Balaban J connectivity index is 1.73. The first-order valence-corrected chi connectivity index (χ1v) is 9.59. The van der Waals surface area contributed by atoms with Crippen LogP contribution in [-0.4, -0.2) is 70.7 Å². The Bertz CT molecular complexity index is 888. The van der Waals surface area contributed by atoms with E-state index >= 15 is 0 Å². The SMILES string of the molecule is C#CCN1CCN(COc2cccc3ccc(/C=[N+](\[O-])C(C)(C)C)nc23)CC1. The largest absolute Gasteiger partial charge is 0.623 e. The number of rotatable bonds is 5. The number of piperazine rings is 1. The summed E-state index contributed by atoms with van der Waals surface area (Å²) in [5, 5.41) is 13.2. The van der Waals surface area contributed by atoms with Crippen LogP contribution in [0.3, 0.4) is 0 Å². The fraction of sp³-hybridized carbons (Fsp3) is 0.455. The lowest BCUT2D eigenvalue weighted by atomic mass is 10.1. The highest BCUT2D eigenvalue weighted by Crippen LogP contribution is 2.24. The average Bonchev–Trinajstić information content (AvgIpc) is 2.67. The molecule has 0 spiro atoms. The molecule has 1 aliphatic heterocycles. The Labute approximate surface area is 167 Å². The third kappa shape index (κ3) is 5.00. The zero-order valence-electron chi connectivity index (χ0n) is 16.9. The minimum absolute atomic E-state index is 0.506. The normalized spacial score (nSPS) is 16.9. The molecule has 148 valence electrons. The molecule has 0 amide bonds. The van der Waals surface area contributed by atoms with Crippen molar-refractivity contribution >= 4 is 17.1 Å². The Kier molecular flexibility index (Phi) is 6.18. The first kappa shape index (κ1) is 20.1. The van der Waals surface area contributed by atoms with Crippen LogP contribution in [0.25, 0.3) is 10.9 Å². The standard InChI is InChI=1S/C22H28N4O2/c1-5-11-24-12-14-25(15-13-24)17-28-20-8-6-7-18-9-10-19(23-21(18)20)16-26(27)22(2,3)4/h1,6-10,16H,11-15,17H2,2-4H3/b26-16-. The van der Waals surface area contributed by atoms with Gasteiger partial charge in [0.1, 0.15) is 23.7 Å². The van der Waals surface area contributed by atoms with Gasteiger partial charge in [-0.1, -0.05) is 24.1 Å². The summed E-state index contributed by atoms with van der Waals surface area (Å²) >= 11 is 0. The second-order valence-electron chi connectivity index (χ2n) is 8.06. The molecular weight excluding hydrogens is 352 g/mol. The summed E-state index contributed by atoms with van der Waals surface area (Å²) in [6.07, 6.45) is 6.91. The molecular formula is C22H28N4O2. The van der Waals surface area contributed by atoms with Crippen molar-refractivity contribution in [2.75, 3.05) is 39.5 Å². The van der Waals surface area contributed by atoms with Gasteiger partial charge in [-0.15, -0.1) is 6.42 Å². The number of aromatic nitrogens is 1. The van der Waals surface area contributed by atoms with Crippen molar-refractivity contribution in [1.29, 1.82) is 0 Å². The van der Waals surface area contributed by atoms with E-state index < -0.39 is 5.54 Å². The molecule has 0 saturated carbocycles. The zero-order chi connectivity index (χ0) is 20.1. The number of terminal acetylenes is 1. The lowest BCUT2D eigenvalue weighted by molar-refractivity contribution is -0.530. The van der Waals surface area contributed by atoms with Crippen molar-refractivity contribution < 1.29 is 9.48 Å². The lowest BCUT2D eigenvalue weighted by Crippen LogP contribution is -2.47. The highest BCUT2D eigenvalue weighted by molar-refractivity contribution is 5.87. The number of ether oxygens (including phenoxy) is 1. The van der Waals surface area contributed by atoms with Crippen molar-refractivity contribution in [2.45, 2.75) is 26.3 Å². The Hall–Kier alpha value is -2.62. The number of nitrogens with zero attached hydrogens (tertiary/aromatic N) is 4. The van der Waals surface area contributed by atoms with Crippen LogP contribution in [-0.2, 0) is 0 Å². The van der Waals surface area contributed by atoms with Crippen LogP contribution in [0.2, 0.25) is 0 Å². The molecule has 1 aliphatic rings. The highest BCUT2D eigenvalue weighted by atomic mass is 16.5. The number of pyridine rings is 1. The van der Waals surface area contributed by atoms with Gasteiger partial charge in [0, 0.05) is 52.3 Å². The van der Waals surface area contributed by atoms with E-state index in [1.807, 2.05) is 51.1 Å². The van der Waals surface area contributed by atoms with Crippen LogP contribution in [0.1, 0.15) is 26.5 Å². The smallest absolute Gasteiger partial charge is 0.200 e. The van der Waals surface area contributed by atoms with Crippen molar-refractivity contribution in [2.24, 2.45) is 0 Å². The second kappa shape index (κ2) is 8.59. The molecule has 1 aromatic carbocycles. The number of hydroxylamine groups is 1. The average molecular weight is 380 g/mol. The zero-order valence-corrected chi connectivity index (χ0v) is 16.9.